The van der Waals surface area contributed by atoms with Crippen LogP contribution in [0.25, 0.3) is 0 Å². The van der Waals surface area contributed by atoms with E-state index in [0.29, 0.717) is 10.8 Å². The lowest BCUT2D eigenvalue weighted by Gasteiger charge is -2.07. The minimum atomic E-state index is -3.62. The van der Waals surface area contributed by atoms with Crippen LogP contribution in [-0.2, 0) is 16.4 Å². The number of benzene rings is 1. The quantitative estimate of drug-likeness (QED) is 0.850. The maximum Gasteiger partial charge on any atom is 0.263 e. The number of nitrogens with zero attached hydrogens (tertiary/aromatic N) is 1. The zero-order chi connectivity index (χ0) is 14.9. The number of aromatic nitrogens is 1. The maximum atomic E-state index is 12.3. The number of hydrogen-bond acceptors (Lipinski definition) is 5. The van der Waals surface area contributed by atoms with Crippen molar-refractivity contribution in [1.29, 1.82) is 0 Å². The molecule has 0 spiro atoms. The van der Waals surface area contributed by atoms with Crippen LogP contribution in [-0.4, -0.2) is 13.4 Å². The number of nitrogen functional groups attached to an aromatic ring is 1. The Kier molecular flexibility index (Phi) is 4.01. The first-order valence-corrected chi connectivity index (χ1v) is 8.48. The summed E-state index contributed by atoms with van der Waals surface area (Å²) in [7, 11) is -3.62. The average Bonchev–Trinajstić information content (AvgIpc) is 2.71. The highest BCUT2D eigenvalue weighted by Gasteiger charge is 2.17. The van der Waals surface area contributed by atoms with Gasteiger partial charge in [0.05, 0.1) is 10.6 Å². The fourth-order valence-electron chi connectivity index (χ4n) is 1.79. The van der Waals surface area contributed by atoms with E-state index in [-0.39, 0.29) is 4.90 Å². The molecule has 0 fully saturated rings. The third-order valence-electron chi connectivity index (χ3n) is 3.00. The maximum absolute atomic E-state index is 12.3. The fraction of sp³-hybridized carbons (Fsp3) is 0.308. The van der Waals surface area contributed by atoms with Crippen molar-refractivity contribution in [2.45, 2.75) is 32.1 Å². The van der Waals surface area contributed by atoms with E-state index in [1.165, 1.54) is 17.4 Å². The summed E-state index contributed by atoms with van der Waals surface area (Å²) in [5.74, 6) is 0. The summed E-state index contributed by atoms with van der Waals surface area (Å²) in [6, 6.07) is 4.64. The normalized spacial score (nSPS) is 11.6. The second-order valence-corrected chi connectivity index (χ2v) is 7.38. The Hall–Kier alpha value is -1.60. The number of aryl methyl sites for hydroxylation is 3. The minimum Gasteiger partial charge on any atom is -0.399 e. The molecule has 0 aliphatic heterocycles. The van der Waals surface area contributed by atoms with Gasteiger partial charge in [-0.2, -0.15) is 0 Å². The monoisotopic (exact) mass is 311 g/mol. The van der Waals surface area contributed by atoms with E-state index in [1.54, 1.807) is 19.1 Å². The lowest BCUT2D eigenvalue weighted by Crippen LogP contribution is -2.13. The molecule has 7 heteroatoms. The summed E-state index contributed by atoms with van der Waals surface area (Å²) < 4.78 is 27.1. The fourth-order valence-corrected chi connectivity index (χ4v) is 4.01. The molecule has 0 atom stereocenters. The van der Waals surface area contributed by atoms with E-state index in [0.717, 1.165) is 22.6 Å². The molecule has 1 aromatic heterocycles. The Bertz CT molecular complexity index is 736. The molecule has 2 rings (SSSR count). The van der Waals surface area contributed by atoms with E-state index >= 15 is 0 Å². The van der Waals surface area contributed by atoms with Crippen LogP contribution in [0.3, 0.4) is 0 Å². The third-order valence-corrected chi connectivity index (χ3v) is 5.40. The number of nitrogens with two attached hydrogens (primary N) is 1. The number of rotatable bonds is 4. The number of hydrogen-bond donors (Lipinski definition) is 2. The van der Waals surface area contributed by atoms with Crippen LogP contribution in [0, 0.1) is 13.8 Å². The van der Waals surface area contributed by atoms with Gasteiger partial charge >= 0.3 is 0 Å². The number of nitrogens with one attached hydrogen (secondary N) is 1. The Morgan fingerprint density at radius 3 is 2.60 bits per heavy atom. The molecular weight excluding hydrogens is 294 g/mol. The molecule has 3 N–H and O–H groups in total. The summed E-state index contributed by atoms with van der Waals surface area (Å²) in [5.41, 5.74) is 7.92. The average molecular weight is 311 g/mol. The molecule has 1 heterocycles. The minimum absolute atomic E-state index is 0.190. The highest BCUT2D eigenvalue weighted by molar-refractivity contribution is 7.93. The van der Waals surface area contributed by atoms with Gasteiger partial charge in [-0.15, -0.1) is 11.3 Å². The molecule has 0 aliphatic carbocycles. The Labute approximate surface area is 122 Å². The van der Waals surface area contributed by atoms with Crippen LogP contribution >= 0.6 is 11.3 Å². The highest BCUT2D eigenvalue weighted by Crippen LogP contribution is 2.25. The molecule has 0 radical (unpaired) electrons. The van der Waals surface area contributed by atoms with Gasteiger partial charge in [0.25, 0.3) is 10.0 Å². The van der Waals surface area contributed by atoms with Gasteiger partial charge in [-0.25, -0.2) is 13.4 Å². The first-order valence-electron chi connectivity index (χ1n) is 6.18. The number of anilines is 2. The van der Waals surface area contributed by atoms with E-state index in [9.17, 15) is 8.42 Å². The summed E-state index contributed by atoms with van der Waals surface area (Å²) in [6.07, 6.45) is 0.783. The van der Waals surface area contributed by atoms with Gasteiger partial charge in [0.1, 0.15) is 0 Å². The Morgan fingerprint density at radius 1 is 1.35 bits per heavy atom. The van der Waals surface area contributed by atoms with Gasteiger partial charge in [0.2, 0.25) is 0 Å². The molecule has 108 valence electrons. The predicted octanol–water partition coefficient (Wildman–Crippen LogP) is 2.71. The molecule has 0 bridgehead atoms. The first kappa shape index (κ1) is 14.8. The van der Waals surface area contributed by atoms with Crippen molar-refractivity contribution in [3.05, 3.63) is 34.3 Å². The van der Waals surface area contributed by atoms with E-state index < -0.39 is 10.0 Å². The van der Waals surface area contributed by atoms with Crippen LogP contribution < -0.4 is 10.5 Å². The Morgan fingerprint density at radius 2 is 2.05 bits per heavy atom. The second-order valence-electron chi connectivity index (χ2n) is 4.50. The molecule has 0 saturated carbocycles. The molecule has 0 amide bonds. The summed E-state index contributed by atoms with van der Waals surface area (Å²) in [5, 5.41) is 0.397. The molecule has 1 aromatic carbocycles. The van der Waals surface area contributed by atoms with Gasteiger partial charge < -0.3 is 5.73 Å². The third kappa shape index (κ3) is 2.94. The lowest BCUT2D eigenvalue weighted by atomic mass is 10.2. The number of sulfonamides is 1. The van der Waals surface area contributed by atoms with Crippen LogP contribution in [0.4, 0.5) is 10.8 Å². The SMILES string of the molecule is CCc1nc(NS(=O)(=O)c2ccc(N)c(C)c2)sc1C. The summed E-state index contributed by atoms with van der Waals surface area (Å²) in [6.45, 7) is 5.70. The van der Waals surface area contributed by atoms with E-state index in [1.807, 2.05) is 13.8 Å². The molecule has 20 heavy (non-hydrogen) atoms. The van der Waals surface area contributed by atoms with Crippen molar-refractivity contribution in [2.24, 2.45) is 0 Å². The van der Waals surface area contributed by atoms with Crippen molar-refractivity contribution in [3.8, 4) is 0 Å². The molecule has 2 aromatic rings. The molecular formula is C13H17N3O2S2. The molecule has 5 nitrogen and oxygen atoms in total. The van der Waals surface area contributed by atoms with Crippen molar-refractivity contribution >= 4 is 32.2 Å². The second kappa shape index (κ2) is 5.41. The van der Waals surface area contributed by atoms with Crippen LogP contribution in [0.2, 0.25) is 0 Å². The first-order chi connectivity index (χ1) is 9.33. The topological polar surface area (TPSA) is 85.1 Å². The van der Waals surface area contributed by atoms with Gasteiger partial charge in [-0.1, -0.05) is 6.92 Å². The van der Waals surface area contributed by atoms with Crippen molar-refractivity contribution in [3.63, 3.8) is 0 Å². The largest absolute Gasteiger partial charge is 0.399 e. The standard InChI is InChI=1S/C13H17N3O2S2/c1-4-12-9(3)19-13(15-12)16-20(17,18)10-5-6-11(14)8(2)7-10/h5-7H,4,14H2,1-3H3,(H,15,16). The van der Waals surface area contributed by atoms with E-state index in [4.69, 9.17) is 5.73 Å². The summed E-state index contributed by atoms with van der Waals surface area (Å²) in [4.78, 5) is 5.50. The van der Waals surface area contributed by atoms with Gasteiger partial charge in [-0.3, -0.25) is 4.72 Å². The zero-order valence-corrected chi connectivity index (χ0v) is 13.2. The molecule has 0 unspecified atom stereocenters. The van der Waals surface area contributed by atoms with Crippen molar-refractivity contribution in [2.75, 3.05) is 10.5 Å². The van der Waals surface area contributed by atoms with Gasteiger partial charge in [-0.05, 0) is 44.0 Å². The van der Waals surface area contributed by atoms with Gasteiger partial charge in [0.15, 0.2) is 5.13 Å². The Balaban J connectivity index is 2.32. The smallest absolute Gasteiger partial charge is 0.263 e. The molecule has 0 saturated heterocycles. The number of thiazole rings is 1. The predicted molar refractivity (Wildman–Crippen MR) is 82.6 cm³/mol. The van der Waals surface area contributed by atoms with Crippen LogP contribution in [0.15, 0.2) is 23.1 Å². The molecule has 0 aliphatic rings. The van der Waals surface area contributed by atoms with Crippen molar-refractivity contribution < 1.29 is 8.42 Å². The van der Waals surface area contributed by atoms with Crippen molar-refractivity contribution in [1.82, 2.24) is 4.98 Å². The van der Waals surface area contributed by atoms with E-state index in [2.05, 4.69) is 9.71 Å². The summed E-state index contributed by atoms with van der Waals surface area (Å²) >= 11 is 1.34. The lowest BCUT2D eigenvalue weighted by molar-refractivity contribution is 0.601. The van der Waals surface area contributed by atoms with Crippen LogP contribution in [0.1, 0.15) is 23.1 Å². The highest BCUT2D eigenvalue weighted by atomic mass is 32.2. The zero-order valence-electron chi connectivity index (χ0n) is 11.6. The van der Waals surface area contributed by atoms with Crippen LogP contribution in [0.5, 0.6) is 0 Å². The van der Waals surface area contributed by atoms with Gasteiger partial charge in [0, 0.05) is 10.6 Å².